The second kappa shape index (κ2) is 6.54. The van der Waals surface area contributed by atoms with E-state index >= 15 is 0 Å². The standard InChI is InChI=1S/C9H23NO2Si/c1-6-8-13(11-4,12-5)10-9(3)7-2/h9-10H,6-8H2,1-5H3. The molecule has 0 fully saturated rings. The van der Waals surface area contributed by atoms with Crippen LogP contribution in [0.1, 0.15) is 33.6 Å². The summed E-state index contributed by atoms with van der Waals surface area (Å²) in [5.41, 5.74) is 0. The van der Waals surface area contributed by atoms with Gasteiger partial charge in [0.2, 0.25) is 0 Å². The molecule has 0 saturated heterocycles. The zero-order valence-corrected chi connectivity index (χ0v) is 10.5. The summed E-state index contributed by atoms with van der Waals surface area (Å²) >= 11 is 0. The molecule has 0 heterocycles. The fraction of sp³-hybridized carbons (Fsp3) is 1.00. The van der Waals surface area contributed by atoms with Crippen LogP contribution in [0.3, 0.4) is 0 Å². The Labute approximate surface area is 83.1 Å². The first kappa shape index (κ1) is 13.1. The van der Waals surface area contributed by atoms with E-state index in [0.29, 0.717) is 6.04 Å². The van der Waals surface area contributed by atoms with E-state index in [-0.39, 0.29) is 0 Å². The summed E-state index contributed by atoms with van der Waals surface area (Å²) in [6, 6.07) is 1.47. The van der Waals surface area contributed by atoms with Crippen molar-refractivity contribution in [2.24, 2.45) is 0 Å². The van der Waals surface area contributed by atoms with Crippen LogP contribution in [-0.2, 0) is 8.85 Å². The van der Waals surface area contributed by atoms with Gasteiger partial charge in [-0.3, -0.25) is 4.98 Å². The third-order valence-corrected chi connectivity index (χ3v) is 5.73. The van der Waals surface area contributed by atoms with Crippen molar-refractivity contribution in [2.45, 2.75) is 45.7 Å². The third kappa shape index (κ3) is 4.22. The highest BCUT2D eigenvalue weighted by molar-refractivity contribution is 6.64. The minimum Gasteiger partial charge on any atom is -0.386 e. The van der Waals surface area contributed by atoms with Crippen molar-refractivity contribution in [3.8, 4) is 0 Å². The van der Waals surface area contributed by atoms with E-state index in [1.807, 2.05) is 0 Å². The normalized spacial score (nSPS) is 14.5. The molecule has 0 aliphatic heterocycles. The number of hydrogen-bond donors (Lipinski definition) is 1. The molecule has 0 saturated carbocycles. The maximum atomic E-state index is 5.51. The smallest absolute Gasteiger partial charge is 0.386 e. The molecule has 13 heavy (non-hydrogen) atoms. The first-order valence-electron chi connectivity index (χ1n) is 5.02. The molecular weight excluding hydrogens is 182 g/mol. The van der Waals surface area contributed by atoms with Crippen LogP contribution >= 0.6 is 0 Å². The van der Waals surface area contributed by atoms with Crippen LogP contribution in [0, 0.1) is 0 Å². The molecule has 0 spiro atoms. The Morgan fingerprint density at radius 2 is 1.77 bits per heavy atom. The Hall–Kier alpha value is 0.0969. The fourth-order valence-corrected chi connectivity index (χ4v) is 3.85. The lowest BCUT2D eigenvalue weighted by molar-refractivity contribution is 0.221. The third-order valence-electron chi connectivity index (χ3n) is 2.32. The minimum atomic E-state index is -2.08. The van der Waals surface area contributed by atoms with Crippen LogP contribution in [0.25, 0.3) is 0 Å². The van der Waals surface area contributed by atoms with E-state index in [1.165, 1.54) is 0 Å². The zero-order chi connectivity index (χ0) is 10.3. The van der Waals surface area contributed by atoms with Gasteiger partial charge < -0.3 is 8.85 Å². The molecule has 0 aromatic rings. The molecule has 4 heteroatoms. The highest BCUT2D eigenvalue weighted by Gasteiger charge is 2.36. The van der Waals surface area contributed by atoms with Crippen LogP contribution < -0.4 is 4.98 Å². The first-order valence-corrected chi connectivity index (χ1v) is 7.04. The molecule has 0 amide bonds. The van der Waals surface area contributed by atoms with E-state index in [4.69, 9.17) is 8.85 Å². The summed E-state index contributed by atoms with van der Waals surface area (Å²) < 4.78 is 11.0. The van der Waals surface area contributed by atoms with Crippen molar-refractivity contribution in [3.63, 3.8) is 0 Å². The van der Waals surface area contributed by atoms with Crippen molar-refractivity contribution in [1.82, 2.24) is 4.98 Å². The molecule has 0 aliphatic rings. The minimum absolute atomic E-state index is 0.470. The molecule has 0 radical (unpaired) electrons. The van der Waals surface area contributed by atoms with Gasteiger partial charge in [-0.15, -0.1) is 0 Å². The average Bonchev–Trinajstić information content (AvgIpc) is 2.17. The van der Waals surface area contributed by atoms with Gasteiger partial charge in [-0.1, -0.05) is 27.2 Å². The number of rotatable bonds is 7. The topological polar surface area (TPSA) is 30.5 Å². The van der Waals surface area contributed by atoms with Crippen molar-refractivity contribution in [3.05, 3.63) is 0 Å². The number of nitrogens with one attached hydrogen (secondary N) is 1. The van der Waals surface area contributed by atoms with Gasteiger partial charge in [-0.25, -0.2) is 0 Å². The fourth-order valence-electron chi connectivity index (χ4n) is 1.28. The Balaban J connectivity index is 4.19. The lowest BCUT2D eigenvalue weighted by Crippen LogP contribution is -2.57. The Kier molecular flexibility index (Phi) is 6.58. The predicted molar refractivity (Wildman–Crippen MR) is 57.8 cm³/mol. The summed E-state index contributed by atoms with van der Waals surface area (Å²) in [6.07, 6.45) is 2.20. The molecule has 1 N–H and O–H groups in total. The van der Waals surface area contributed by atoms with E-state index in [2.05, 4.69) is 25.8 Å². The molecule has 1 atom stereocenters. The molecule has 1 unspecified atom stereocenters. The lowest BCUT2D eigenvalue weighted by atomic mass is 10.3. The molecule has 0 rings (SSSR count). The van der Waals surface area contributed by atoms with Gasteiger partial charge in [0.1, 0.15) is 0 Å². The predicted octanol–water partition coefficient (Wildman–Crippen LogP) is 2.02. The summed E-state index contributed by atoms with van der Waals surface area (Å²) in [5.74, 6) is 0. The summed E-state index contributed by atoms with van der Waals surface area (Å²) in [6.45, 7) is 6.47. The van der Waals surface area contributed by atoms with Crippen LogP contribution in [0.5, 0.6) is 0 Å². The summed E-state index contributed by atoms with van der Waals surface area (Å²) in [5, 5.41) is 0. The second-order valence-corrected chi connectivity index (χ2v) is 6.48. The highest BCUT2D eigenvalue weighted by atomic mass is 28.4. The van der Waals surface area contributed by atoms with Crippen molar-refractivity contribution < 1.29 is 8.85 Å². The van der Waals surface area contributed by atoms with Gasteiger partial charge in [0.15, 0.2) is 0 Å². The van der Waals surface area contributed by atoms with E-state index in [0.717, 1.165) is 18.9 Å². The Morgan fingerprint density at radius 1 is 1.23 bits per heavy atom. The molecule has 3 nitrogen and oxygen atoms in total. The second-order valence-electron chi connectivity index (χ2n) is 3.36. The van der Waals surface area contributed by atoms with Crippen molar-refractivity contribution in [2.75, 3.05) is 14.2 Å². The van der Waals surface area contributed by atoms with E-state index < -0.39 is 8.72 Å². The lowest BCUT2D eigenvalue weighted by Gasteiger charge is -2.30. The van der Waals surface area contributed by atoms with Gasteiger partial charge in [0.25, 0.3) is 0 Å². The first-order chi connectivity index (χ1) is 6.14. The van der Waals surface area contributed by atoms with Crippen LogP contribution in [0.4, 0.5) is 0 Å². The largest absolute Gasteiger partial charge is 0.424 e. The quantitative estimate of drug-likeness (QED) is 0.645. The Morgan fingerprint density at radius 3 is 2.08 bits per heavy atom. The van der Waals surface area contributed by atoms with Gasteiger partial charge in [0.05, 0.1) is 0 Å². The van der Waals surface area contributed by atoms with Crippen LogP contribution in [-0.4, -0.2) is 29.0 Å². The molecule has 0 aromatic carbocycles. The van der Waals surface area contributed by atoms with Gasteiger partial charge in [0, 0.05) is 26.3 Å². The molecule has 0 aliphatic carbocycles. The van der Waals surface area contributed by atoms with Crippen LogP contribution in [0.15, 0.2) is 0 Å². The Bertz CT molecular complexity index is 129. The molecule has 80 valence electrons. The van der Waals surface area contributed by atoms with Crippen molar-refractivity contribution >= 4 is 8.72 Å². The maximum absolute atomic E-state index is 5.51. The average molecular weight is 205 g/mol. The van der Waals surface area contributed by atoms with E-state index in [1.54, 1.807) is 14.2 Å². The van der Waals surface area contributed by atoms with Gasteiger partial charge >= 0.3 is 8.72 Å². The highest BCUT2D eigenvalue weighted by Crippen LogP contribution is 2.12. The maximum Gasteiger partial charge on any atom is 0.424 e. The zero-order valence-electron chi connectivity index (χ0n) is 9.52. The van der Waals surface area contributed by atoms with E-state index in [9.17, 15) is 0 Å². The molecule has 0 bridgehead atoms. The van der Waals surface area contributed by atoms with Crippen LogP contribution in [0.2, 0.25) is 6.04 Å². The monoisotopic (exact) mass is 205 g/mol. The SMILES string of the molecule is CCC[Si](NC(C)CC)(OC)OC. The molecule has 0 aromatic heterocycles. The summed E-state index contributed by atoms with van der Waals surface area (Å²) in [4.78, 5) is 3.47. The van der Waals surface area contributed by atoms with Crippen molar-refractivity contribution in [1.29, 1.82) is 0 Å². The van der Waals surface area contributed by atoms with Gasteiger partial charge in [-0.2, -0.15) is 0 Å². The van der Waals surface area contributed by atoms with Gasteiger partial charge in [-0.05, 0) is 6.42 Å². The molecular formula is C9H23NO2Si. The summed E-state index contributed by atoms with van der Waals surface area (Å²) in [7, 11) is 1.40. The number of hydrogen-bond acceptors (Lipinski definition) is 3.